The van der Waals surface area contributed by atoms with E-state index in [1.165, 1.54) is 55.8 Å². The van der Waals surface area contributed by atoms with Crippen LogP contribution in [-0.2, 0) is 6.42 Å². The lowest BCUT2D eigenvalue weighted by atomic mass is 10.0. The SMILES string of the molecule is CCc1cc(C)c(OC)cc1N1CCN(C2CCN(C)CC2)CC1. The van der Waals surface area contributed by atoms with Gasteiger partial charge in [-0.3, -0.25) is 4.90 Å². The van der Waals surface area contributed by atoms with Gasteiger partial charge in [0.15, 0.2) is 0 Å². The molecule has 0 amide bonds. The number of nitrogens with zero attached hydrogens (tertiary/aromatic N) is 3. The molecule has 1 aromatic carbocycles. The molecule has 0 aromatic heterocycles. The maximum atomic E-state index is 5.56. The fourth-order valence-corrected chi connectivity index (χ4v) is 4.22. The molecule has 0 spiro atoms. The third-order valence-electron chi connectivity index (χ3n) is 5.84. The molecule has 2 heterocycles. The molecule has 2 aliphatic heterocycles. The first-order chi connectivity index (χ1) is 11.6. The normalized spacial score (nSPS) is 21.2. The van der Waals surface area contributed by atoms with Crippen LogP contribution in [0, 0.1) is 6.92 Å². The number of anilines is 1. The van der Waals surface area contributed by atoms with E-state index in [-0.39, 0.29) is 0 Å². The van der Waals surface area contributed by atoms with Gasteiger partial charge in [0.25, 0.3) is 0 Å². The van der Waals surface area contributed by atoms with Crippen molar-refractivity contribution in [3.05, 3.63) is 23.3 Å². The molecular weight excluding hydrogens is 298 g/mol. The zero-order valence-electron chi connectivity index (χ0n) is 15.8. The quantitative estimate of drug-likeness (QED) is 0.844. The van der Waals surface area contributed by atoms with Gasteiger partial charge in [-0.2, -0.15) is 0 Å². The first kappa shape index (κ1) is 17.6. The van der Waals surface area contributed by atoms with Crippen LogP contribution in [0.15, 0.2) is 12.1 Å². The van der Waals surface area contributed by atoms with Crippen LogP contribution in [0.3, 0.4) is 0 Å². The topological polar surface area (TPSA) is 19.0 Å². The van der Waals surface area contributed by atoms with Crippen LogP contribution in [0.5, 0.6) is 5.75 Å². The number of aryl methyl sites for hydroxylation is 2. The summed E-state index contributed by atoms with van der Waals surface area (Å²) in [5, 5.41) is 0. The number of ether oxygens (including phenoxy) is 1. The summed E-state index contributed by atoms with van der Waals surface area (Å²) in [5.41, 5.74) is 4.06. The number of methoxy groups -OCH3 is 1. The fourth-order valence-electron chi connectivity index (χ4n) is 4.22. The highest BCUT2D eigenvalue weighted by Crippen LogP contribution is 2.31. The monoisotopic (exact) mass is 331 g/mol. The van der Waals surface area contributed by atoms with Gasteiger partial charge in [0.2, 0.25) is 0 Å². The number of piperidine rings is 1. The van der Waals surface area contributed by atoms with Gasteiger partial charge in [0, 0.05) is 44.0 Å². The number of likely N-dealkylation sites (tertiary alicyclic amines) is 1. The van der Waals surface area contributed by atoms with Crippen molar-refractivity contribution in [3.8, 4) is 5.75 Å². The third kappa shape index (κ3) is 3.70. The number of piperazine rings is 1. The Balaban J connectivity index is 1.66. The maximum Gasteiger partial charge on any atom is 0.123 e. The molecule has 0 atom stereocenters. The second-order valence-electron chi connectivity index (χ2n) is 7.36. The zero-order chi connectivity index (χ0) is 17.1. The number of benzene rings is 1. The Hall–Kier alpha value is -1.26. The molecule has 4 nitrogen and oxygen atoms in total. The van der Waals surface area contributed by atoms with E-state index in [9.17, 15) is 0 Å². The van der Waals surface area contributed by atoms with Crippen LogP contribution >= 0.6 is 0 Å². The fraction of sp³-hybridized carbons (Fsp3) is 0.700. The van der Waals surface area contributed by atoms with Crippen molar-refractivity contribution in [1.82, 2.24) is 9.80 Å². The summed E-state index contributed by atoms with van der Waals surface area (Å²) in [5.74, 6) is 1.01. The van der Waals surface area contributed by atoms with Crippen molar-refractivity contribution < 1.29 is 4.74 Å². The minimum absolute atomic E-state index is 0.793. The van der Waals surface area contributed by atoms with Crippen molar-refractivity contribution in [3.63, 3.8) is 0 Å². The molecule has 2 saturated heterocycles. The van der Waals surface area contributed by atoms with E-state index in [2.05, 4.69) is 47.7 Å². The lowest BCUT2D eigenvalue weighted by Gasteiger charge is -2.43. The first-order valence-corrected chi connectivity index (χ1v) is 9.47. The van der Waals surface area contributed by atoms with E-state index in [0.717, 1.165) is 31.3 Å². The van der Waals surface area contributed by atoms with Crippen molar-refractivity contribution in [2.24, 2.45) is 0 Å². The van der Waals surface area contributed by atoms with Crippen LogP contribution in [0.4, 0.5) is 5.69 Å². The Morgan fingerprint density at radius 1 is 1.04 bits per heavy atom. The predicted molar refractivity (Wildman–Crippen MR) is 101 cm³/mol. The number of hydrogen-bond donors (Lipinski definition) is 0. The Morgan fingerprint density at radius 3 is 2.29 bits per heavy atom. The number of hydrogen-bond acceptors (Lipinski definition) is 4. The van der Waals surface area contributed by atoms with E-state index in [4.69, 9.17) is 4.74 Å². The highest BCUT2D eigenvalue weighted by molar-refractivity contribution is 5.60. The molecular formula is C20H33N3O. The summed E-state index contributed by atoms with van der Waals surface area (Å²) in [6.45, 7) is 11.5. The van der Waals surface area contributed by atoms with Crippen LogP contribution in [0.2, 0.25) is 0 Å². The van der Waals surface area contributed by atoms with E-state index >= 15 is 0 Å². The molecule has 0 N–H and O–H groups in total. The summed E-state index contributed by atoms with van der Waals surface area (Å²) < 4.78 is 5.56. The summed E-state index contributed by atoms with van der Waals surface area (Å²) in [7, 11) is 4.01. The highest BCUT2D eigenvalue weighted by Gasteiger charge is 2.27. The highest BCUT2D eigenvalue weighted by atomic mass is 16.5. The van der Waals surface area contributed by atoms with E-state index in [1.54, 1.807) is 7.11 Å². The Labute approximate surface area is 147 Å². The van der Waals surface area contributed by atoms with Gasteiger partial charge in [0.05, 0.1) is 7.11 Å². The molecule has 24 heavy (non-hydrogen) atoms. The summed E-state index contributed by atoms with van der Waals surface area (Å²) in [6, 6.07) is 5.35. The minimum atomic E-state index is 0.793. The standard InChI is InChI=1S/C20H33N3O/c1-5-17-14-16(2)20(24-4)15-19(17)23-12-10-22(11-13-23)18-6-8-21(3)9-7-18/h14-15,18H,5-13H2,1-4H3. The molecule has 1 aromatic rings. The smallest absolute Gasteiger partial charge is 0.123 e. The van der Waals surface area contributed by atoms with Crippen LogP contribution in [0.25, 0.3) is 0 Å². The average molecular weight is 332 g/mol. The third-order valence-corrected chi connectivity index (χ3v) is 5.84. The van der Waals surface area contributed by atoms with E-state index in [0.29, 0.717) is 0 Å². The molecule has 2 fully saturated rings. The molecule has 0 radical (unpaired) electrons. The minimum Gasteiger partial charge on any atom is -0.496 e. The average Bonchev–Trinajstić information content (AvgIpc) is 2.62. The second-order valence-corrected chi connectivity index (χ2v) is 7.36. The second kappa shape index (κ2) is 7.75. The molecule has 2 aliphatic rings. The molecule has 0 aliphatic carbocycles. The van der Waals surface area contributed by atoms with Gasteiger partial charge in [-0.1, -0.05) is 13.0 Å². The Morgan fingerprint density at radius 2 is 1.71 bits per heavy atom. The van der Waals surface area contributed by atoms with Gasteiger partial charge in [-0.15, -0.1) is 0 Å². The summed E-state index contributed by atoms with van der Waals surface area (Å²) >= 11 is 0. The lowest BCUT2D eigenvalue weighted by Crippen LogP contribution is -2.53. The van der Waals surface area contributed by atoms with Crippen molar-refractivity contribution in [2.75, 3.05) is 58.3 Å². The van der Waals surface area contributed by atoms with Crippen LogP contribution in [-0.4, -0.2) is 69.3 Å². The summed E-state index contributed by atoms with van der Waals surface area (Å²) in [6.07, 6.45) is 3.74. The van der Waals surface area contributed by atoms with Gasteiger partial charge in [-0.25, -0.2) is 0 Å². The molecule has 3 rings (SSSR count). The predicted octanol–water partition coefficient (Wildman–Crippen LogP) is 2.78. The first-order valence-electron chi connectivity index (χ1n) is 9.47. The largest absolute Gasteiger partial charge is 0.496 e. The van der Waals surface area contributed by atoms with Gasteiger partial charge >= 0.3 is 0 Å². The summed E-state index contributed by atoms with van der Waals surface area (Å²) in [4.78, 5) is 7.74. The van der Waals surface area contributed by atoms with Crippen molar-refractivity contribution >= 4 is 5.69 Å². The number of rotatable bonds is 4. The molecule has 134 valence electrons. The van der Waals surface area contributed by atoms with Gasteiger partial charge in [0.1, 0.15) is 5.75 Å². The van der Waals surface area contributed by atoms with Crippen molar-refractivity contribution in [2.45, 2.75) is 39.2 Å². The van der Waals surface area contributed by atoms with E-state index < -0.39 is 0 Å². The zero-order valence-corrected chi connectivity index (χ0v) is 15.8. The van der Waals surface area contributed by atoms with Crippen LogP contribution in [0.1, 0.15) is 30.9 Å². The lowest BCUT2D eigenvalue weighted by molar-refractivity contribution is 0.115. The van der Waals surface area contributed by atoms with Crippen LogP contribution < -0.4 is 9.64 Å². The van der Waals surface area contributed by atoms with Crippen molar-refractivity contribution in [1.29, 1.82) is 0 Å². The Bertz CT molecular complexity index is 544. The molecule has 4 heteroatoms. The molecule has 0 unspecified atom stereocenters. The Kier molecular flexibility index (Phi) is 5.67. The maximum absolute atomic E-state index is 5.56. The van der Waals surface area contributed by atoms with Gasteiger partial charge < -0.3 is 14.5 Å². The molecule has 0 bridgehead atoms. The van der Waals surface area contributed by atoms with Gasteiger partial charge in [-0.05, 0) is 57.5 Å². The molecule has 0 saturated carbocycles. The van der Waals surface area contributed by atoms with E-state index in [1.807, 2.05) is 0 Å².